The summed E-state index contributed by atoms with van der Waals surface area (Å²) in [4.78, 5) is 45.8. The Labute approximate surface area is 146 Å². The lowest BCUT2D eigenvalue weighted by Gasteiger charge is -2.09. The molecule has 0 radical (unpaired) electrons. The van der Waals surface area contributed by atoms with Crippen molar-refractivity contribution in [3.05, 3.63) is 23.0 Å². The summed E-state index contributed by atoms with van der Waals surface area (Å²) >= 11 is 0. The molecule has 0 aliphatic carbocycles. The molecule has 0 fully saturated rings. The van der Waals surface area contributed by atoms with E-state index >= 15 is 0 Å². The highest BCUT2D eigenvalue weighted by Gasteiger charge is 2.17. The first kappa shape index (κ1) is 20.4. The summed E-state index contributed by atoms with van der Waals surface area (Å²) in [7, 11) is 1.33. The van der Waals surface area contributed by atoms with Crippen LogP contribution in [0.25, 0.3) is 0 Å². The van der Waals surface area contributed by atoms with Crippen molar-refractivity contribution in [1.82, 2.24) is 9.88 Å². The number of aromatic nitrogens is 1. The van der Waals surface area contributed by atoms with E-state index in [4.69, 9.17) is 4.74 Å². The fraction of sp³-hybridized carbons (Fsp3) is 0.529. The minimum atomic E-state index is -0.554. The van der Waals surface area contributed by atoms with Crippen molar-refractivity contribution in [3.63, 3.8) is 0 Å². The molecular weight excluding hydrogens is 328 g/mol. The van der Waals surface area contributed by atoms with Crippen LogP contribution in [0.15, 0.2) is 6.07 Å². The SMILES string of the molecule is COC(=O)CCn1c(C)cc(C(=O)COC(=O)CCNC(C)=O)c1C. The molecule has 0 saturated heterocycles. The quantitative estimate of drug-likeness (QED) is 0.523. The van der Waals surface area contributed by atoms with E-state index in [1.54, 1.807) is 13.0 Å². The third-order valence-electron chi connectivity index (χ3n) is 3.71. The minimum absolute atomic E-state index is 0.00497. The van der Waals surface area contributed by atoms with Crippen LogP contribution in [0.4, 0.5) is 0 Å². The standard InChI is InChI=1S/C17H24N2O6/c1-11-9-14(12(2)19(11)8-6-16(22)24-4)15(21)10-25-17(23)5-7-18-13(3)20/h9H,5-8,10H2,1-4H3,(H,18,20). The van der Waals surface area contributed by atoms with E-state index in [-0.39, 0.29) is 43.7 Å². The fourth-order valence-corrected chi connectivity index (χ4v) is 2.37. The van der Waals surface area contributed by atoms with Crippen LogP contribution >= 0.6 is 0 Å². The molecule has 0 bridgehead atoms. The van der Waals surface area contributed by atoms with E-state index in [1.807, 2.05) is 11.5 Å². The number of methoxy groups -OCH3 is 1. The number of carbonyl (C=O) groups is 4. The van der Waals surface area contributed by atoms with Gasteiger partial charge in [-0.1, -0.05) is 0 Å². The van der Waals surface area contributed by atoms with Crippen LogP contribution in [-0.4, -0.2) is 48.5 Å². The lowest BCUT2D eigenvalue weighted by atomic mass is 10.1. The first-order valence-electron chi connectivity index (χ1n) is 7.93. The molecule has 25 heavy (non-hydrogen) atoms. The van der Waals surface area contributed by atoms with Crippen LogP contribution in [0.2, 0.25) is 0 Å². The number of rotatable bonds is 9. The van der Waals surface area contributed by atoms with E-state index in [2.05, 4.69) is 10.1 Å². The first-order chi connectivity index (χ1) is 11.8. The third kappa shape index (κ3) is 6.40. The highest BCUT2D eigenvalue weighted by Crippen LogP contribution is 2.16. The fourth-order valence-electron chi connectivity index (χ4n) is 2.37. The minimum Gasteiger partial charge on any atom is -0.469 e. The molecule has 1 N–H and O–H groups in total. The summed E-state index contributed by atoms with van der Waals surface area (Å²) < 4.78 is 11.4. The number of hydrogen-bond donors (Lipinski definition) is 1. The Bertz CT molecular complexity index is 662. The maximum absolute atomic E-state index is 12.3. The molecule has 0 unspecified atom stereocenters. The first-order valence-corrected chi connectivity index (χ1v) is 7.93. The lowest BCUT2D eigenvalue weighted by Crippen LogP contribution is -2.24. The third-order valence-corrected chi connectivity index (χ3v) is 3.71. The van der Waals surface area contributed by atoms with Gasteiger partial charge in [0.25, 0.3) is 0 Å². The van der Waals surface area contributed by atoms with Crippen LogP contribution in [0.3, 0.4) is 0 Å². The lowest BCUT2D eigenvalue weighted by molar-refractivity contribution is -0.142. The van der Waals surface area contributed by atoms with Gasteiger partial charge in [0, 0.05) is 37.0 Å². The number of nitrogens with one attached hydrogen (secondary N) is 1. The van der Waals surface area contributed by atoms with Crippen molar-refractivity contribution in [2.24, 2.45) is 0 Å². The molecule has 0 aromatic carbocycles. The number of carbonyl (C=O) groups excluding carboxylic acids is 4. The molecule has 1 heterocycles. The second kappa shape index (κ2) is 9.61. The zero-order valence-electron chi connectivity index (χ0n) is 15.0. The van der Waals surface area contributed by atoms with Crippen LogP contribution in [-0.2, 0) is 30.4 Å². The van der Waals surface area contributed by atoms with Crippen molar-refractivity contribution in [2.45, 2.75) is 40.2 Å². The highest BCUT2D eigenvalue weighted by molar-refractivity contribution is 5.99. The summed E-state index contributed by atoms with van der Waals surface area (Å²) in [5.41, 5.74) is 2.00. The molecule has 138 valence electrons. The zero-order chi connectivity index (χ0) is 19.0. The smallest absolute Gasteiger partial charge is 0.308 e. The molecule has 0 aliphatic heterocycles. The molecule has 0 aliphatic rings. The van der Waals surface area contributed by atoms with Crippen molar-refractivity contribution in [3.8, 4) is 0 Å². The summed E-state index contributed by atoms with van der Waals surface area (Å²) in [5, 5.41) is 2.48. The van der Waals surface area contributed by atoms with Crippen molar-refractivity contribution < 1.29 is 28.7 Å². The number of aryl methyl sites for hydroxylation is 1. The zero-order valence-corrected chi connectivity index (χ0v) is 15.0. The molecule has 0 saturated carbocycles. The van der Waals surface area contributed by atoms with Gasteiger partial charge >= 0.3 is 11.9 Å². The average molecular weight is 352 g/mol. The number of ketones is 1. The summed E-state index contributed by atoms with van der Waals surface area (Å²) in [5.74, 6) is -1.43. The molecule has 1 aromatic rings. The van der Waals surface area contributed by atoms with Gasteiger partial charge in [-0.15, -0.1) is 0 Å². The van der Waals surface area contributed by atoms with Crippen LogP contribution in [0.5, 0.6) is 0 Å². The van der Waals surface area contributed by atoms with Gasteiger partial charge in [-0.05, 0) is 19.9 Å². The maximum atomic E-state index is 12.3. The van der Waals surface area contributed by atoms with Crippen LogP contribution in [0.1, 0.15) is 41.5 Å². The Kier molecular flexibility index (Phi) is 7.84. The predicted octanol–water partition coefficient (Wildman–Crippen LogP) is 0.920. The number of ether oxygens (including phenoxy) is 2. The van der Waals surface area contributed by atoms with Crippen LogP contribution < -0.4 is 5.32 Å². The van der Waals surface area contributed by atoms with Crippen LogP contribution in [0, 0.1) is 13.8 Å². The van der Waals surface area contributed by atoms with Crippen molar-refractivity contribution in [2.75, 3.05) is 20.3 Å². The summed E-state index contributed by atoms with van der Waals surface area (Å²) in [6.07, 6.45) is 0.212. The van der Waals surface area contributed by atoms with Gasteiger partial charge in [-0.2, -0.15) is 0 Å². The topological polar surface area (TPSA) is 104 Å². The molecule has 1 amide bonds. The van der Waals surface area contributed by atoms with Gasteiger partial charge in [0.15, 0.2) is 6.61 Å². The van der Waals surface area contributed by atoms with E-state index in [0.29, 0.717) is 17.8 Å². The van der Waals surface area contributed by atoms with E-state index in [1.165, 1.54) is 14.0 Å². The molecule has 0 atom stereocenters. The summed E-state index contributed by atoms with van der Waals surface area (Å²) in [6.45, 7) is 5.18. The molecular formula is C17H24N2O6. The maximum Gasteiger partial charge on any atom is 0.308 e. The molecule has 0 spiro atoms. The van der Waals surface area contributed by atoms with Gasteiger partial charge < -0.3 is 19.4 Å². The number of Topliss-reactive ketones (excluding diaryl/α,β-unsaturated/α-hetero) is 1. The number of hydrogen-bond acceptors (Lipinski definition) is 6. The van der Waals surface area contributed by atoms with Gasteiger partial charge in [-0.3, -0.25) is 19.2 Å². The summed E-state index contributed by atoms with van der Waals surface area (Å²) in [6, 6.07) is 1.71. The second-order valence-electron chi connectivity index (χ2n) is 5.58. The molecule has 8 heteroatoms. The number of esters is 2. The van der Waals surface area contributed by atoms with E-state index < -0.39 is 5.97 Å². The highest BCUT2D eigenvalue weighted by atomic mass is 16.5. The Hall–Kier alpha value is -2.64. The predicted molar refractivity (Wildman–Crippen MR) is 89.1 cm³/mol. The van der Waals surface area contributed by atoms with E-state index in [0.717, 1.165) is 5.69 Å². The Balaban J connectivity index is 2.59. The molecule has 8 nitrogen and oxygen atoms in total. The molecule has 1 rings (SSSR count). The van der Waals surface area contributed by atoms with Gasteiger partial charge in [0.2, 0.25) is 11.7 Å². The largest absolute Gasteiger partial charge is 0.469 e. The van der Waals surface area contributed by atoms with Crippen molar-refractivity contribution in [1.29, 1.82) is 0 Å². The second-order valence-corrected chi connectivity index (χ2v) is 5.58. The monoisotopic (exact) mass is 352 g/mol. The Morgan fingerprint density at radius 1 is 1.12 bits per heavy atom. The van der Waals surface area contributed by atoms with Gasteiger partial charge in [0.1, 0.15) is 0 Å². The number of amides is 1. The number of nitrogens with zero attached hydrogens (tertiary/aromatic N) is 1. The van der Waals surface area contributed by atoms with Crippen molar-refractivity contribution >= 4 is 23.6 Å². The average Bonchev–Trinajstić information content (AvgIpc) is 2.84. The van der Waals surface area contributed by atoms with Gasteiger partial charge in [0.05, 0.1) is 20.0 Å². The van der Waals surface area contributed by atoms with Gasteiger partial charge in [-0.25, -0.2) is 0 Å². The Morgan fingerprint density at radius 3 is 2.40 bits per heavy atom. The normalized spacial score (nSPS) is 10.2. The molecule has 1 aromatic heterocycles. The van der Waals surface area contributed by atoms with E-state index in [9.17, 15) is 19.2 Å². The Morgan fingerprint density at radius 2 is 1.80 bits per heavy atom.